The van der Waals surface area contributed by atoms with Gasteiger partial charge in [0.2, 0.25) is 0 Å². The summed E-state index contributed by atoms with van der Waals surface area (Å²) < 4.78 is 36.5. The monoisotopic (exact) mass is 343 g/mol. The summed E-state index contributed by atoms with van der Waals surface area (Å²) in [6.07, 6.45) is 0. The van der Waals surface area contributed by atoms with Gasteiger partial charge in [-0.1, -0.05) is 11.6 Å². The normalized spacial score (nSPS) is 13.9. The maximum atomic E-state index is 12.6. The molecule has 3 rings (SSSR count). The number of hydrogen-bond donors (Lipinski definition) is 1. The van der Waals surface area contributed by atoms with Crippen LogP contribution in [0.4, 0.5) is 0 Å². The first-order valence-corrected chi connectivity index (χ1v) is 7.99. The largest absolute Gasteiger partial charge is 0.486 e. The molecular formula is C13H10ClNO6S. The predicted molar refractivity (Wildman–Crippen MR) is 76.4 cm³/mol. The number of carboxylic acid groups (broad SMARTS) is 1. The van der Waals surface area contributed by atoms with Crippen LogP contribution in [0.2, 0.25) is 5.15 Å². The van der Waals surface area contributed by atoms with Gasteiger partial charge in [-0.15, -0.1) is 0 Å². The molecule has 0 atom stereocenters. The predicted octanol–water partition coefficient (Wildman–Crippen LogP) is 1.85. The minimum atomic E-state index is -4.17. The summed E-state index contributed by atoms with van der Waals surface area (Å²) in [5.41, 5.74) is -0.445. The summed E-state index contributed by atoms with van der Waals surface area (Å²) in [6.45, 7) is 0.687. The lowest BCUT2D eigenvalue weighted by atomic mass is 10.3. The molecule has 116 valence electrons. The quantitative estimate of drug-likeness (QED) is 0.913. The third-order valence-corrected chi connectivity index (χ3v) is 5.18. The van der Waals surface area contributed by atoms with Gasteiger partial charge in [-0.2, -0.15) is 0 Å². The maximum absolute atomic E-state index is 12.6. The van der Waals surface area contributed by atoms with Crippen molar-refractivity contribution in [3.05, 3.63) is 41.2 Å². The molecule has 1 aromatic heterocycles. The Labute approximate surface area is 130 Å². The molecule has 0 saturated heterocycles. The third kappa shape index (κ3) is 2.30. The van der Waals surface area contributed by atoms with Gasteiger partial charge in [-0.3, -0.25) is 0 Å². The second kappa shape index (κ2) is 5.22. The van der Waals surface area contributed by atoms with Gasteiger partial charge in [0.1, 0.15) is 24.1 Å². The van der Waals surface area contributed by atoms with E-state index < -0.39 is 21.7 Å². The molecular weight excluding hydrogens is 334 g/mol. The number of nitrogens with zero attached hydrogens (tertiary/aromatic N) is 1. The van der Waals surface area contributed by atoms with E-state index in [1.165, 1.54) is 24.3 Å². The summed E-state index contributed by atoms with van der Waals surface area (Å²) in [5, 5.41) is 8.88. The molecule has 0 aliphatic carbocycles. The first kappa shape index (κ1) is 14.7. The van der Waals surface area contributed by atoms with E-state index in [2.05, 4.69) is 0 Å². The maximum Gasteiger partial charge on any atom is 0.353 e. The van der Waals surface area contributed by atoms with Gasteiger partial charge in [0.25, 0.3) is 10.0 Å². The van der Waals surface area contributed by atoms with Crippen molar-refractivity contribution in [3.8, 4) is 11.5 Å². The third-order valence-electron chi connectivity index (χ3n) is 3.06. The van der Waals surface area contributed by atoms with E-state index >= 15 is 0 Å². The topological polar surface area (TPSA) is 94.8 Å². The average molecular weight is 344 g/mol. The lowest BCUT2D eigenvalue weighted by Crippen LogP contribution is -2.20. The Bertz CT molecular complexity index is 857. The zero-order chi connectivity index (χ0) is 15.9. The minimum Gasteiger partial charge on any atom is -0.486 e. The Morgan fingerprint density at radius 3 is 2.50 bits per heavy atom. The number of ether oxygens (including phenoxy) is 2. The van der Waals surface area contributed by atoms with Crippen molar-refractivity contribution in [2.45, 2.75) is 4.90 Å². The van der Waals surface area contributed by atoms with Gasteiger partial charge < -0.3 is 14.6 Å². The van der Waals surface area contributed by atoms with Crippen LogP contribution in [-0.2, 0) is 10.0 Å². The zero-order valence-electron chi connectivity index (χ0n) is 11.0. The number of fused-ring (bicyclic) bond motifs is 1. The van der Waals surface area contributed by atoms with Crippen LogP contribution in [-0.4, -0.2) is 36.7 Å². The van der Waals surface area contributed by atoms with E-state index in [0.717, 1.165) is 6.07 Å². The van der Waals surface area contributed by atoms with Gasteiger partial charge in [-0.25, -0.2) is 17.2 Å². The van der Waals surface area contributed by atoms with E-state index in [9.17, 15) is 13.2 Å². The molecule has 0 spiro atoms. The molecule has 22 heavy (non-hydrogen) atoms. The smallest absolute Gasteiger partial charge is 0.353 e. The van der Waals surface area contributed by atoms with Crippen molar-refractivity contribution in [2.24, 2.45) is 0 Å². The average Bonchev–Trinajstić information content (AvgIpc) is 2.89. The van der Waals surface area contributed by atoms with E-state index in [-0.39, 0.29) is 15.8 Å². The Balaban J connectivity index is 2.15. The van der Waals surface area contributed by atoms with Crippen LogP contribution in [0.3, 0.4) is 0 Å². The number of hydrogen-bond acceptors (Lipinski definition) is 5. The fourth-order valence-electron chi connectivity index (χ4n) is 2.09. The molecule has 0 unspecified atom stereocenters. The molecule has 0 radical (unpaired) electrons. The minimum absolute atomic E-state index is 0.141. The molecule has 1 aliphatic rings. The van der Waals surface area contributed by atoms with Crippen LogP contribution in [0.5, 0.6) is 11.5 Å². The van der Waals surface area contributed by atoms with Crippen molar-refractivity contribution in [1.82, 2.24) is 3.97 Å². The zero-order valence-corrected chi connectivity index (χ0v) is 12.6. The number of aromatic carboxylic acids is 1. The SMILES string of the molecule is O=C(O)c1ccc(Cl)n1S(=O)(=O)c1ccc2c(c1)OCCO2. The first-order valence-electron chi connectivity index (χ1n) is 6.17. The Morgan fingerprint density at radius 2 is 1.82 bits per heavy atom. The highest BCUT2D eigenvalue weighted by atomic mass is 35.5. The van der Waals surface area contributed by atoms with Crippen LogP contribution in [0.25, 0.3) is 0 Å². The van der Waals surface area contributed by atoms with Crippen molar-refractivity contribution in [1.29, 1.82) is 0 Å². The molecule has 2 aromatic rings. The van der Waals surface area contributed by atoms with Gasteiger partial charge >= 0.3 is 5.97 Å². The molecule has 1 aliphatic heterocycles. The number of benzene rings is 1. The Morgan fingerprint density at radius 1 is 1.14 bits per heavy atom. The molecule has 0 fully saturated rings. The standard InChI is InChI=1S/C13H10ClNO6S/c14-12-4-2-9(13(16)17)15(12)22(18,19)8-1-3-10-11(7-8)21-6-5-20-10/h1-4,7H,5-6H2,(H,16,17). The summed E-state index contributed by atoms with van der Waals surface area (Å²) in [4.78, 5) is 11.0. The Hall–Kier alpha value is -2.19. The van der Waals surface area contributed by atoms with Crippen molar-refractivity contribution in [2.75, 3.05) is 13.2 Å². The van der Waals surface area contributed by atoms with Crippen LogP contribution < -0.4 is 9.47 Å². The lowest BCUT2D eigenvalue weighted by Gasteiger charge is -2.19. The molecule has 7 nitrogen and oxygen atoms in total. The second-order valence-corrected chi connectivity index (χ2v) is 6.60. The molecule has 1 N–H and O–H groups in total. The first-order chi connectivity index (χ1) is 10.4. The van der Waals surface area contributed by atoms with Gasteiger partial charge in [-0.05, 0) is 24.3 Å². The molecule has 0 saturated carbocycles. The summed E-state index contributed by atoms with van der Waals surface area (Å²) in [5.74, 6) is -0.678. The summed E-state index contributed by atoms with van der Waals surface area (Å²) in [7, 11) is -4.17. The van der Waals surface area contributed by atoms with Crippen molar-refractivity contribution >= 4 is 27.6 Å². The van der Waals surface area contributed by atoms with Crippen LogP contribution in [0.15, 0.2) is 35.2 Å². The van der Waals surface area contributed by atoms with Crippen LogP contribution in [0.1, 0.15) is 10.5 Å². The summed E-state index contributed by atoms with van der Waals surface area (Å²) >= 11 is 5.83. The lowest BCUT2D eigenvalue weighted by molar-refractivity contribution is 0.0689. The number of carbonyl (C=O) groups is 1. The van der Waals surface area contributed by atoms with E-state index in [0.29, 0.717) is 22.9 Å². The van der Waals surface area contributed by atoms with Crippen LogP contribution in [0, 0.1) is 0 Å². The molecule has 2 heterocycles. The highest BCUT2D eigenvalue weighted by molar-refractivity contribution is 7.90. The van der Waals surface area contributed by atoms with Crippen LogP contribution >= 0.6 is 11.6 Å². The molecule has 1 aromatic carbocycles. The van der Waals surface area contributed by atoms with Crippen molar-refractivity contribution in [3.63, 3.8) is 0 Å². The molecule has 0 amide bonds. The number of carboxylic acids is 1. The number of halogens is 1. The van der Waals surface area contributed by atoms with E-state index in [1.54, 1.807) is 0 Å². The fraction of sp³-hybridized carbons (Fsp3) is 0.154. The fourth-order valence-corrected chi connectivity index (χ4v) is 3.91. The number of aromatic nitrogens is 1. The van der Waals surface area contributed by atoms with E-state index in [1.807, 2.05) is 0 Å². The number of rotatable bonds is 3. The summed E-state index contributed by atoms with van der Waals surface area (Å²) in [6, 6.07) is 6.39. The molecule has 9 heteroatoms. The van der Waals surface area contributed by atoms with Gasteiger partial charge in [0.05, 0.1) is 4.90 Å². The highest BCUT2D eigenvalue weighted by Gasteiger charge is 2.27. The second-order valence-electron chi connectivity index (χ2n) is 4.42. The molecule has 0 bridgehead atoms. The van der Waals surface area contributed by atoms with Gasteiger partial charge in [0.15, 0.2) is 11.5 Å². The highest BCUT2D eigenvalue weighted by Crippen LogP contribution is 2.33. The van der Waals surface area contributed by atoms with Gasteiger partial charge in [0, 0.05) is 6.07 Å². The van der Waals surface area contributed by atoms with Crippen molar-refractivity contribution < 1.29 is 27.8 Å². The Kier molecular flexibility index (Phi) is 3.50. The van der Waals surface area contributed by atoms with E-state index in [4.69, 9.17) is 26.2 Å².